The molecule has 0 N–H and O–H groups in total. The van der Waals surface area contributed by atoms with E-state index in [1.54, 1.807) is 4.90 Å². The zero-order valence-corrected chi connectivity index (χ0v) is 14.0. The topological polar surface area (TPSA) is 29.5 Å². The molecule has 23 heavy (non-hydrogen) atoms. The molecule has 0 aromatic heterocycles. The number of amides is 1. The molecule has 3 nitrogen and oxygen atoms in total. The fraction of sp³-hybridized carbons (Fsp3) is 0.350. The van der Waals surface area contributed by atoms with Crippen LogP contribution in [0.3, 0.4) is 0 Å². The third kappa shape index (κ3) is 3.39. The van der Waals surface area contributed by atoms with Crippen LogP contribution >= 0.6 is 0 Å². The fourth-order valence-corrected chi connectivity index (χ4v) is 3.02. The lowest BCUT2D eigenvalue weighted by atomic mass is 9.99. The third-order valence-electron chi connectivity index (χ3n) is 4.04. The summed E-state index contributed by atoms with van der Waals surface area (Å²) < 4.78 is 5.56. The second-order valence-electron chi connectivity index (χ2n) is 7.18. The van der Waals surface area contributed by atoms with Crippen LogP contribution in [-0.4, -0.2) is 23.1 Å². The minimum atomic E-state index is -0.491. The molecule has 1 aliphatic rings. The van der Waals surface area contributed by atoms with E-state index in [1.165, 1.54) is 10.8 Å². The van der Waals surface area contributed by atoms with Gasteiger partial charge >= 0.3 is 6.09 Å². The van der Waals surface area contributed by atoms with Crippen LogP contribution < -0.4 is 0 Å². The summed E-state index contributed by atoms with van der Waals surface area (Å²) in [5, 5.41) is 2.39. The van der Waals surface area contributed by atoms with Crippen LogP contribution in [0.15, 0.2) is 54.6 Å². The Morgan fingerprint density at radius 1 is 1.17 bits per heavy atom. The number of hydrogen-bond acceptors (Lipinski definition) is 2. The van der Waals surface area contributed by atoms with Crippen molar-refractivity contribution in [2.75, 3.05) is 6.54 Å². The average molecular weight is 309 g/mol. The molecular weight excluding hydrogens is 286 g/mol. The Bertz CT molecular complexity index is 758. The molecular formula is C20H23NO2. The summed E-state index contributed by atoms with van der Waals surface area (Å²) in [5.74, 6) is 0. The molecule has 0 aliphatic carbocycles. The molecule has 2 aromatic carbocycles. The van der Waals surface area contributed by atoms with E-state index >= 15 is 0 Å². The van der Waals surface area contributed by atoms with E-state index in [4.69, 9.17) is 4.74 Å². The summed E-state index contributed by atoms with van der Waals surface area (Å²) >= 11 is 0. The van der Waals surface area contributed by atoms with E-state index < -0.39 is 5.60 Å². The highest BCUT2D eigenvalue weighted by Crippen LogP contribution is 2.36. The van der Waals surface area contributed by atoms with Crippen molar-refractivity contribution in [2.24, 2.45) is 0 Å². The van der Waals surface area contributed by atoms with Crippen molar-refractivity contribution in [1.82, 2.24) is 4.90 Å². The lowest BCUT2D eigenvalue weighted by Crippen LogP contribution is -2.36. The maximum Gasteiger partial charge on any atom is 0.411 e. The standard InChI is InChI=1S/C20H23NO2/c1-14-11-18(21(13-14)19(22)23-20(2,3)4)17-10-9-15-7-5-6-8-16(15)12-17/h5-10,12,18H,1,11,13H2,2-4H3/t18-/m1/s1. The molecule has 1 amide bonds. The van der Waals surface area contributed by atoms with Crippen LogP contribution in [-0.2, 0) is 4.74 Å². The molecule has 3 rings (SSSR count). The van der Waals surface area contributed by atoms with Crippen LogP contribution in [0.4, 0.5) is 4.79 Å². The second-order valence-corrected chi connectivity index (χ2v) is 7.18. The van der Waals surface area contributed by atoms with E-state index in [9.17, 15) is 4.79 Å². The smallest absolute Gasteiger partial charge is 0.411 e. The number of nitrogens with zero attached hydrogens (tertiary/aromatic N) is 1. The minimum absolute atomic E-state index is 0.00181. The van der Waals surface area contributed by atoms with Gasteiger partial charge in [-0.1, -0.05) is 48.6 Å². The first-order valence-corrected chi connectivity index (χ1v) is 7.98. The van der Waals surface area contributed by atoms with E-state index in [0.717, 1.165) is 17.6 Å². The summed E-state index contributed by atoms with van der Waals surface area (Å²) in [6.07, 6.45) is 0.520. The molecule has 2 aromatic rings. The van der Waals surface area contributed by atoms with Crippen molar-refractivity contribution in [3.05, 3.63) is 60.2 Å². The Kier molecular flexibility index (Phi) is 3.88. The highest BCUT2D eigenvalue weighted by Gasteiger charge is 2.34. The van der Waals surface area contributed by atoms with Crippen molar-refractivity contribution < 1.29 is 9.53 Å². The van der Waals surface area contributed by atoms with Crippen LogP contribution in [0.5, 0.6) is 0 Å². The first-order chi connectivity index (χ1) is 10.8. The van der Waals surface area contributed by atoms with Crippen molar-refractivity contribution in [1.29, 1.82) is 0 Å². The number of rotatable bonds is 1. The Morgan fingerprint density at radius 3 is 2.57 bits per heavy atom. The first-order valence-electron chi connectivity index (χ1n) is 7.98. The molecule has 1 saturated heterocycles. The van der Waals surface area contributed by atoms with Gasteiger partial charge in [0.15, 0.2) is 0 Å². The van der Waals surface area contributed by atoms with Crippen molar-refractivity contribution >= 4 is 16.9 Å². The summed E-state index contributed by atoms with van der Waals surface area (Å²) in [5.41, 5.74) is 1.71. The number of likely N-dealkylation sites (tertiary alicyclic amines) is 1. The Labute approximate surface area is 137 Å². The van der Waals surface area contributed by atoms with Crippen LogP contribution in [0.2, 0.25) is 0 Å². The van der Waals surface area contributed by atoms with Gasteiger partial charge in [-0.05, 0) is 49.6 Å². The maximum absolute atomic E-state index is 12.5. The van der Waals surface area contributed by atoms with Gasteiger partial charge in [0, 0.05) is 6.54 Å². The lowest BCUT2D eigenvalue weighted by Gasteiger charge is -2.28. The van der Waals surface area contributed by atoms with Crippen LogP contribution in [0, 0.1) is 0 Å². The SMILES string of the molecule is C=C1C[C@H](c2ccc3ccccc3c2)N(C(=O)OC(C)(C)C)C1. The summed E-state index contributed by atoms with van der Waals surface area (Å²) in [4.78, 5) is 14.3. The van der Waals surface area contributed by atoms with E-state index in [0.29, 0.717) is 6.54 Å². The second kappa shape index (κ2) is 5.73. The molecule has 1 atom stereocenters. The monoisotopic (exact) mass is 309 g/mol. The van der Waals surface area contributed by atoms with Gasteiger partial charge in [-0.3, -0.25) is 4.90 Å². The largest absolute Gasteiger partial charge is 0.444 e. The molecule has 0 saturated carbocycles. The normalized spacial score (nSPS) is 18.5. The summed E-state index contributed by atoms with van der Waals surface area (Å²) in [7, 11) is 0. The Balaban J connectivity index is 1.91. The zero-order chi connectivity index (χ0) is 16.6. The molecule has 1 aliphatic heterocycles. The van der Waals surface area contributed by atoms with E-state index in [1.807, 2.05) is 32.9 Å². The Hall–Kier alpha value is -2.29. The van der Waals surface area contributed by atoms with Gasteiger partial charge < -0.3 is 4.74 Å². The highest BCUT2D eigenvalue weighted by atomic mass is 16.6. The first kappa shape index (κ1) is 15.6. The third-order valence-corrected chi connectivity index (χ3v) is 4.04. The Morgan fingerprint density at radius 2 is 1.87 bits per heavy atom. The number of ether oxygens (including phenoxy) is 1. The average Bonchev–Trinajstić information content (AvgIpc) is 2.87. The van der Waals surface area contributed by atoms with Crippen molar-refractivity contribution in [3.8, 4) is 0 Å². The molecule has 0 unspecified atom stereocenters. The summed E-state index contributed by atoms with van der Waals surface area (Å²) in [6, 6.07) is 14.6. The molecule has 1 heterocycles. The van der Waals surface area contributed by atoms with E-state index in [2.05, 4.69) is 36.9 Å². The molecule has 1 fully saturated rings. The number of carbonyl (C=O) groups excluding carboxylic acids is 1. The van der Waals surface area contributed by atoms with Crippen molar-refractivity contribution in [2.45, 2.75) is 38.8 Å². The van der Waals surface area contributed by atoms with Gasteiger partial charge in [0.2, 0.25) is 0 Å². The van der Waals surface area contributed by atoms with Gasteiger partial charge in [0.1, 0.15) is 5.60 Å². The van der Waals surface area contributed by atoms with Crippen molar-refractivity contribution in [3.63, 3.8) is 0 Å². The lowest BCUT2D eigenvalue weighted by molar-refractivity contribution is 0.0228. The predicted octanol–water partition coefficient (Wildman–Crippen LogP) is 5.08. The highest BCUT2D eigenvalue weighted by molar-refractivity contribution is 5.83. The molecule has 3 heteroatoms. The van der Waals surface area contributed by atoms with Gasteiger partial charge in [-0.2, -0.15) is 0 Å². The number of hydrogen-bond donors (Lipinski definition) is 0. The molecule has 0 radical (unpaired) electrons. The summed E-state index contributed by atoms with van der Waals surface area (Å²) in [6.45, 7) is 10.3. The molecule has 0 spiro atoms. The quantitative estimate of drug-likeness (QED) is 0.688. The van der Waals surface area contributed by atoms with Gasteiger partial charge in [0.05, 0.1) is 6.04 Å². The zero-order valence-electron chi connectivity index (χ0n) is 14.0. The van der Waals surface area contributed by atoms with Gasteiger partial charge in [-0.15, -0.1) is 0 Å². The van der Waals surface area contributed by atoms with Gasteiger partial charge in [-0.25, -0.2) is 4.79 Å². The predicted molar refractivity (Wildman–Crippen MR) is 93.4 cm³/mol. The fourth-order valence-electron chi connectivity index (χ4n) is 3.02. The minimum Gasteiger partial charge on any atom is -0.444 e. The number of fused-ring (bicyclic) bond motifs is 1. The number of carbonyl (C=O) groups is 1. The van der Waals surface area contributed by atoms with Crippen LogP contribution in [0.25, 0.3) is 10.8 Å². The van der Waals surface area contributed by atoms with E-state index in [-0.39, 0.29) is 12.1 Å². The van der Waals surface area contributed by atoms with Gasteiger partial charge in [0.25, 0.3) is 0 Å². The van der Waals surface area contributed by atoms with Crippen LogP contribution in [0.1, 0.15) is 38.8 Å². The number of benzene rings is 2. The molecule has 120 valence electrons. The molecule has 0 bridgehead atoms. The maximum atomic E-state index is 12.5.